The minimum Gasteiger partial charge on any atom is -0.312 e. The van der Waals surface area contributed by atoms with E-state index < -0.39 is 0 Å². The molecular weight excluding hydrogens is 259 g/mol. The fourth-order valence-corrected chi connectivity index (χ4v) is 2.29. The molecule has 0 fully saturated rings. The van der Waals surface area contributed by atoms with Gasteiger partial charge >= 0.3 is 0 Å². The van der Waals surface area contributed by atoms with Crippen LogP contribution in [0.15, 0.2) is 24.3 Å². The molecule has 1 amide bonds. The number of amides is 1. The van der Waals surface area contributed by atoms with Crippen LogP contribution in [0.1, 0.15) is 16.8 Å². The van der Waals surface area contributed by atoms with Gasteiger partial charge in [-0.3, -0.25) is 9.89 Å². The fraction of sp³-hybridized carbons (Fsp3) is 0.286. The summed E-state index contributed by atoms with van der Waals surface area (Å²) in [4.78, 5) is 12.0. The molecule has 2 aromatic rings. The number of hydrogen-bond acceptors (Lipinski definition) is 3. The maximum atomic E-state index is 12.8. The van der Waals surface area contributed by atoms with E-state index in [0.717, 1.165) is 29.8 Å². The monoisotopic (exact) mass is 274 g/mol. The number of fused-ring (bicyclic) bond motifs is 1. The molecule has 1 aromatic carbocycles. The van der Waals surface area contributed by atoms with Gasteiger partial charge in [0.15, 0.2) is 5.82 Å². The molecule has 0 radical (unpaired) electrons. The fourth-order valence-electron chi connectivity index (χ4n) is 2.29. The van der Waals surface area contributed by atoms with Gasteiger partial charge in [-0.1, -0.05) is 12.1 Å². The van der Waals surface area contributed by atoms with Gasteiger partial charge in [0.2, 0.25) is 5.91 Å². The third kappa shape index (κ3) is 2.70. The van der Waals surface area contributed by atoms with Crippen molar-refractivity contribution in [1.29, 1.82) is 0 Å². The Hall–Kier alpha value is -2.21. The first kappa shape index (κ1) is 12.8. The zero-order valence-corrected chi connectivity index (χ0v) is 10.9. The van der Waals surface area contributed by atoms with E-state index >= 15 is 0 Å². The topological polar surface area (TPSA) is 69.8 Å². The standard InChI is InChI=1S/C14H15FN4O/c15-10-3-1-9(2-4-10)7-13(20)17-14-11-8-16-6-5-12(11)18-19-14/h1-4,16H,5-8H2,(H2,17,18,19,20). The number of carbonyl (C=O) groups excluding carboxylic acids is 1. The Morgan fingerprint density at radius 2 is 2.15 bits per heavy atom. The van der Waals surface area contributed by atoms with E-state index in [9.17, 15) is 9.18 Å². The minimum absolute atomic E-state index is 0.156. The Bertz CT molecular complexity index is 621. The Morgan fingerprint density at radius 3 is 2.95 bits per heavy atom. The SMILES string of the molecule is O=C(Cc1ccc(F)cc1)Nc1n[nH]c2c1CNCC2. The summed E-state index contributed by atoms with van der Waals surface area (Å²) in [7, 11) is 0. The number of nitrogens with zero attached hydrogens (tertiary/aromatic N) is 1. The molecule has 104 valence electrons. The summed E-state index contributed by atoms with van der Waals surface area (Å²) < 4.78 is 12.8. The lowest BCUT2D eigenvalue weighted by molar-refractivity contribution is -0.115. The van der Waals surface area contributed by atoms with Crippen LogP contribution in [0.5, 0.6) is 0 Å². The van der Waals surface area contributed by atoms with Gasteiger partial charge in [-0.15, -0.1) is 0 Å². The quantitative estimate of drug-likeness (QED) is 0.792. The number of anilines is 1. The second-order valence-corrected chi connectivity index (χ2v) is 4.81. The molecule has 0 spiro atoms. The smallest absolute Gasteiger partial charge is 0.230 e. The van der Waals surface area contributed by atoms with E-state index in [4.69, 9.17) is 0 Å². The number of aromatic amines is 1. The molecule has 3 N–H and O–H groups in total. The van der Waals surface area contributed by atoms with Crippen LogP contribution in [-0.4, -0.2) is 22.6 Å². The summed E-state index contributed by atoms with van der Waals surface area (Å²) in [6, 6.07) is 5.92. The Kier molecular flexibility index (Phi) is 3.47. The van der Waals surface area contributed by atoms with Crippen molar-refractivity contribution in [2.24, 2.45) is 0 Å². The zero-order chi connectivity index (χ0) is 13.9. The normalized spacial score (nSPS) is 13.8. The van der Waals surface area contributed by atoms with Crippen LogP contribution in [0.2, 0.25) is 0 Å². The number of hydrogen-bond donors (Lipinski definition) is 3. The first-order valence-electron chi connectivity index (χ1n) is 6.53. The van der Waals surface area contributed by atoms with Gasteiger partial charge in [0.1, 0.15) is 5.82 Å². The zero-order valence-electron chi connectivity index (χ0n) is 10.9. The lowest BCUT2D eigenvalue weighted by Crippen LogP contribution is -2.24. The Balaban J connectivity index is 1.67. The first-order chi connectivity index (χ1) is 9.72. The number of halogens is 1. The minimum atomic E-state index is -0.304. The van der Waals surface area contributed by atoms with E-state index in [2.05, 4.69) is 20.8 Å². The van der Waals surface area contributed by atoms with E-state index in [1.807, 2.05) is 0 Å². The third-order valence-electron chi connectivity index (χ3n) is 3.34. The highest BCUT2D eigenvalue weighted by atomic mass is 19.1. The molecule has 1 aromatic heterocycles. The molecule has 0 aliphatic carbocycles. The van der Waals surface area contributed by atoms with Crippen molar-refractivity contribution >= 4 is 11.7 Å². The predicted molar refractivity (Wildman–Crippen MR) is 72.7 cm³/mol. The van der Waals surface area contributed by atoms with Gasteiger partial charge in [0.25, 0.3) is 0 Å². The highest BCUT2D eigenvalue weighted by Gasteiger charge is 2.17. The molecule has 1 aliphatic heterocycles. The summed E-state index contributed by atoms with van der Waals surface area (Å²) in [5, 5.41) is 13.1. The molecule has 0 saturated carbocycles. The second-order valence-electron chi connectivity index (χ2n) is 4.81. The summed E-state index contributed by atoms with van der Waals surface area (Å²) >= 11 is 0. The van der Waals surface area contributed by atoms with E-state index in [1.54, 1.807) is 12.1 Å². The van der Waals surface area contributed by atoms with Crippen LogP contribution in [0, 0.1) is 5.82 Å². The number of nitrogens with one attached hydrogen (secondary N) is 3. The summed E-state index contributed by atoms with van der Waals surface area (Å²) in [5.74, 6) is 0.123. The average Bonchev–Trinajstić information content (AvgIpc) is 2.85. The van der Waals surface area contributed by atoms with Crippen molar-refractivity contribution in [3.63, 3.8) is 0 Å². The number of carbonyl (C=O) groups is 1. The van der Waals surface area contributed by atoms with Crippen LogP contribution in [0.3, 0.4) is 0 Å². The number of aromatic nitrogens is 2. The van der Waals surface area contributed by atoms with Crippen LogP contribution in [-0.2, 0) is 24.2 Å². The maximum absolute atomic E-state index is 12.8. The highest BCUT2D eigenvalue weighted by Crippen LogP contribution is 2.19. The number of H-pyrrole nitrogens is 1. The van der Waals surface area contributed by atoms with Gasteiger partial charge in [-0.25, -0.2) is 4.39 Å². The Morgan fingerprint density at radius 1 is 1.35 bits per heavy atom. The number of benzene rings is 1. The summed E-state index contributed by atoms with van der Waals surface area (Å²) in [6.45, 7) is 1.62. The lowest BCUT2D eigenvalue weighted by Gasteiger charge is -2.13. The largest absolute Gasteiger partial charge is 0.312 e. The van der Waals surface area contributed by atoms with Gasteiger partial charge in [-0.2, -0.15) is 5.10 Å². The molecule has 6 heteroatoms. The van der Waals surface area contributed by atoms with E-state index in [1.165, 1.54) is 12.1 Å². The molecule has 2 heterocycles. The number of rotatable bonds is 3. The van der Waals surface area contributed by atoms with Crippen molar-refractivity contribution < 1.29 is 9.18 Å². The second kappa shape index (κ2) is 5.42. The van der Waals surface area contributed by atoms with Crippen LogP contribution >= 0.6 is 0 Å². The van der Waals surface area contributed by atoms with Crippen LogP contribution in [0.25, 0.3) is 0 Å². The maximum Gasteiger partial charge on any atom is 0.230 e. The summed E-state index contributed by atoms with van der Waals surface area (Å²) in [5.41, 5.74) is 2.86. The molecule has 0 saturated heterocycles. The van der Waals surface area contributed by atoms with E-state index in [0.29, 0.717) is 12.4 Å². The molecular formula is C14H15FN4O. The highest BCUT2D eigenvalue weighted by molar-refractivity contribution is 5.92. The van der Waals surface area contributed by atoms with Crippen molar-refractivity contribution in [2.75, 3.05) is 11.9 Å². The molecule has 0 atom stereocenters. The Labute approximate surface area is 115 Å². The van der Waals surface area contributed by atoms with Crippen LogP contribution < -0.4 is 10.6 Å². The van der Waals surface area contributed by atoms with Crippen molar-refractivity contribution in [3.8, 4) is 0 Å². The van der Waals surface area contributed by atoms with Gasteiger partial charge in [0, 0.05) is 30.8 Å². The molecule has 20 heavy (non-hydrogen) atoms. The van der Waals surface area contributed by atoms with Crippen molar-refractivity contribution in [2.45, 2.75) is 19.4 Å². The third-order valence-corrected chi connectivity index (χ3v) is 3.34. The van der Waals surface area contributed by atoms with Crippen molar-refractivity contribution in [3.05, 3.63) is 46.9 Å². The van der Waals surface area contributed by atoms with Gasteiger partial charge < -0.3 is 10.6 Å². The average molecular weight is 274 g/mol. The van der Waals surface area contributed by atoms with E-state index in [-0.39, 0.29) is 18.1 Å². The molecule has 1 aliphatic rings. The summed E-state index contributed by atoms with van der Waals surface area (Å²) in [6.07, 6.45) is 1.09. The van der Waals surface area contributed by atoms with Crippen LogP contribution in [0.4, 0.5) is 10.2 Å². The van der Waals surface area contributed by atoms with Crippen molar-refractivity contribution in [1.82, 2.24) is 15.5 Å². The first-order valence-corrected chi connectivity index (χ1v) is 6.53. The predicted octanol–water partition coefficient (Wildman–Crippen LogP) is 1.38. The van der Waals surface area contributed by atoms with Gasteiger partial charge in [-0.05, 0) is 17.7 Å². The lowest BCUT2D eigenvalue weighted by atomic mass is 10.1. The molecule has 0 bridgehead atoms. The molecule has 5 nitrogen and oxygen atoms in total. The molecule has 0 unspecified atom stereocenters. The molecule has 3 rings (SSSR count). The van der Waals surface area contributed by atoms with Gasteiger partial charge in [0.05, 0.1) is 6.42 Å².